The summed E-state index contributed by atoms with van der Waals surface area (Å²) in [5.74, 6) is 0. The summed E-state index contributed by atoms with van der Waals surface area (Å²) in [7, 11) is 0. The lowest BCUT2D eigenvalue weighted by Crippen LogP contribution is -2.59. The van der Waals surface area contributed by atoms with Crippen molar-refractivity contribution in [1.82, 2.24) is 0 Å². The van der Waals surface area contributed by atoms with E-state index in [4.69, 9.17) is 14.2 Å². The van der Waals surface area contributed by atoms with Gasteiger partial charge in [-0.2, -0.15) is 0 Å². The van der Waals surface area contributed by atoms with Gasteiger partial charge in [-0.15, -0.1) is 0 Å². The molecule has 5 atom stereocenters. The van der Waals surface area contributed by atoms with Crippen molar-refractivity contribution >= 4 is 0 Å². The van der Waals surface area contributed by atoms with Gasteiger partial charge in [0.2, 0.25) is 0 Å². The van der Waals surface area contributed by atoms with Gasteiger partial charge in [-0.3, -0.25) is 0 Å². The highest BCUT2D eigenvalue weighted by atomic mass is 16.7. The van der Waals surface area contributed by atoms with Crippen molar-refractivity contribution in [3.8, 4) is 0 Å². The Balaban J connectivity index is 2.57. The van der Waals surface area contributed by atoms with Crippen molar-refractivity contribution < 1.29 is 29.5 Å². The molecule has 0 spiro atoms. The topological polar surface area (TPSA) is 88.4 Å². The van der Waals surface area contributed by atoms with Gasteiger partial charge in [0, 0.05) is 13.2 Å². The van der Waals surface area contributed by atoms with Gasteiger partial charge < -0.3 is 29.5 Å². The summed E-state index contributed by atoms with van der Waals surface area (Å²) in [5.41, 5.74) is 0. The SMILES string of the molecule is CCOC[C@H]1O[C@H](OCC)[C@H](O)[C@@H](O)[C@H]1O. The Labute approximate surface area is 94.7 Å². The highest BCUT2D eigenvalue weighted by Crippen LogP contribution is 2.22. The van der Waals surface area contributed by atoms with E-state index in [9.17, 15) is 15.3 Å². The minimum absolute atomic E-state index is 0.158. The molecule has 1 aliphatic rings. The third-order valence-corrected chi connectivity index (χ3v) is 2.49. The van der Waals surface area contributed by atoms with Crippen LogP contribution in [0.4, 0.5) is 0 Å². The lowest BCUT2D eigenvalue weighted by atomic mass is 9.99. The molecule has 0 aliphatic carbocycles. The molecule has 0 radical (unpaired) electrons. The summed E-state index contributed by atoms with van der Waals surface area (Å²) in [6.07, 6.45) is -5.30. The summed E-state index contributed by atoms with van der Waals surface area (Å²) in [5, 5.41) is 28.8. The molecule has 1 heterocycles. The Hall–Kier alpha value is -0.240. The van der Waals surface area contributed by atoms with Crippen LogP contribution in [0.2, 0.25) is 0 Å². The molecule has 0 bridgehead atoms. The molecule has 1 rings (SSSR count). The van der Waals surface area contributed by atoms with Crippen LogP contribution in [-0.2, 0) is 14.2 Å². The second-order valence-electron chi connectivity index (χ2n) is 3.63. The Kier molecular flexibility index (Phi) is 5.60. The molecule has 6 nitrogen and oxygen atoms in total. The Morgan fingerprint density at radius 3 is 2.25 bits per heavy atom. The molecule has 0 saturated carbocycles. The van der Waals surface area contributed by atoms with Gasteiger partial charge in [-0.05, 0) is 13.8 Å². The maximum Gasteiger partial charge on any atom is 0.186 e. The maximum absolute atomic E-state index is 9.65. The van der Waals surface area contributed by atoms with Crippen LogP contribution < -0.4 is 0 Å². The minimum Gasteiger partial charge on any atom is -0.387 e. The normalized spacial score (nSPS) is 39.9. The second kappa shape index (κ2) is 6.48. The van der Waals surface area contributed by atoms with Crippen LogP contribution in [0.5, 0.6) is 0 Å². The smallest absolute Gasteiger partial charge is 0.186 e. The Morgan fingerprint density at radius 1 is 1.00 bits per heavy atom. The molecule has 0 amide bonds. The molecular formula is C10H20O6. The molecule has 0 aromatic rings. The van der Waals surface area contributed by atoms with Gasteiger partial charge in [-0.1, -0.05) is 0 Å². The van der Waals surface area contributed by atoms with E-state index in [0.717, 1.165) is 0 Å². The number of aliphatic hydroxyl groups is 3. The van der Waals surface area contributed by atoms with Gasteiger partial charge >= 0.3 is 0 Å². The maximum atomic E-state index is 9.65. The molecule has 1 saturated heterocycles. The molecule has 6 heteroatoms. The van der Waals surface area contributed by atoms with Crippen LogP contribution in [0.15, 0.2) is 0 Å². The van der Waals surface area contributed by atoms with Crippen LogP contribution in [-0.4, -0.2) is 65.8 Å². The van der Waals surface area contributed by atoms with Crippen LogP contribution in [0.1, 0.15) is 13.8 Å². The van der Waals surface area contributed by atoms with Crippen LogP contribution >= 0.6 is 0 Å². The van der Waals surface area contributed by atoms with E-state index in [1.165, 1.54) is 0 Å². The van der Waals surface area contributed by atoms with E-state index in [2.05, 4.69) is 0 Å². The molecule has 0 unspecified atom stereocenters. The second-order valence-corrected chi connectivity index (χ2v) is 3.63. The fourth-order valence-corrected chi connectivity index (χ4v) is 1.59. The first-order valence-corrected chi connectivity index (χ1v) is 5.50. The Bertz CT molecular complexity index is 198. The van der Waals surface area contributed by atoms with Gasteiger partial charge in [0.1, 0.15) is 24.4 Å². The highest BCUT2D eigenvalue weighted by molar-refractivity contribution is 4.89. The Morgan fingerprint density at radius 2 is 1.69 bits per heavy atom. The minimum atomic E-state index is -1.28. The van der Waals surface area contributed by atoms with Crippen LogP contribution in [0, 0.1) is 0 Å². The fraction of sp³-hybridized carbons (Fsp3) is 1.00. The van der Waals surface area contributed by atoms with E-state index in [1.807, 2.05) is 6.92 Å². The van der Waals surface area contributed by atoms with E-state index in [1.54, 1.807) is 6.92 Å². The average Bonchev–Trinajstić information content (AvgIpc) is 2.28. The summed E-state index contributed by atoms with van der Waals surface area (Å²) in [6.45, 7) is 4.58. The summed E-state index contributed by atoms with van der Waals surface area (Å²) in [4.78, 5) is 0. The predicted octanol–water partition coefficient (Wildman–Crippen LogP) is -1.13. The number of aliphatic hydroxyl groups excluding tert-OH is 3. The third kappa shape index (κ3) is 3.13. The lowest BCUT2D eigenvalue weighted by Gasteiger charge is -2.39. The molecule has 3 N–H and O–H groups in total. The first kappa shape index (κ1) is 13.8. The van der Waals surface area contributed by atoms with Gasteiger partial charge in [0.25, 0.3) is 0 Å². The largest absolute Gasteiger partial charge is 0.387 e. The van der Waals surface area contributed by atoms with Crippen LogP contribution in [0.25, 0.3) is 0 Å². The predicted molar refractivity (Wildman–Crippen MR) is 54.8 cm³/mol. The van der Waals surface area contributed by atoms with Gasteiger partial charge in [0.15, 0.2) is 6.29 Å². The first-order chi connectivity index (χ1) is 7.61. The van der Waals surface area contributed by atoms with Crippen LogP contribution in [0.3, 0.4) is 0 Å². The van der Waals surface area contributed by atoms with E-state index in [0.29, 0.717) is 13.2 Å². The standard InChI is InChI=1S/C10H20O6/c1-3-14-5-6-7(11)8(12)9(13)10(16-6)15-4-2/h6-13H,3-5H2,1-2H3/t6-,7+,8+,9-,10+/m1/s1. The van der Waals surface area contributed by atoms with Crippen molar-refractivity contribution in [3.63, 3.8) is 0 Å². The van der Waals surface area contributed by atoms with Crippen molar-refractivity contribution in [2.24, 2.45) is 0 Å². The van der Waals surface area contributed by atoms with Crippen molar-refractivity contribution in [1.29, 1.82) is 0 Å². The monoisotopic (exact) mass is 236 g/mol. The summed E-state index contributed by atoms with van der Waals surface area (Å²) in [6, 6.07) is 0. The molecule has 16 heavy (non-hydrogen) atoms. The van der Waals surface area contributed by atoms with Crippen molar-refractivity contribution in [2.45, 2.75) is 44.6 Å². The first-order valence-electron chi connectivity index (χ1n) is 5.50. The number of hydrogen-bond acceptors (Lipinski definition) is 6. The quantitative estimate of drug-likeness (QED) is 0.559. The van der Waals surface area contributed by atoms with Gasteiger partial charge in [0.05, 0.1) is 6.61 Å². The number of ether oxygens (including phenoxy) is 3. The van der Waals surface area contributed by atoms with Crippen molar-refractivity contribution in [2.75, 3.05) is 19.8 Å². The van der Waals surface area contributed by atoms with E-state index >= 15 is 0 Å². The number of rotatable bonds is 5. The number of hydrogen-bond donors (Lipinski definition) is 3. The molecule has 0 aromatic carbocycles. The summed E-state index contributed by atoms with van der Waals surface area (Å²) < 4.78 is 15.6. The average molecular weight is 236 g/mol. The lowest BCUT2D eigenvalue weighted by molar-refractivity contribution is -0.301. The molecule has 96 valence electrons. The zero-order valence-electron chi connectivity index (χ0n) is 9.57. The molecular weight excluding hydrogens is 216 g/mol. The zero-order valence-corrected chi connectivity index (χ0v) is 9.57. The molecule has 1 aliphatic heterocycles. The van der Waals surface area contributed by atoms with Crippen molar-refractivity contribution in [3.05, 3.63) is 0 Å². The summed E-state index contributed by atoms with van der Waals surface area (Å²) >= 11 is 0. The zero-order chi connectivity index (χ0) is 12.1. The fourth-order valence-electron chi connectivity index (χ4n) is 1.59. The highest BCUT2D eigenvalue weighted by Gasteiger charge is 2.44. The third-order valence-electron chi connectivity index (χ3n) is 2.49. The van der Waals surface area contributed by atoms with E-state index < -0.39 is 30.7 Å². The molecule has 0 aromatic heterocycles. The van der Waals surface area contributed by atoms with Gasteiger partial charge in [-0.25, -0.2) is 0 Å². The van der Waals surface area contributed by atoms with E-state index in [-0.39, 0.29) is 6.61 Å². The molecule has 1 fully saturated rings.